The van der Waals surface area contributed by atoms with Gasteiger partial charge in [0, 0.05) is 31.3 Å². The third-order valence-corrected chi connectivity index (χ3v) is 5.73. The lowest BCUT2D eigenvalue weighted by Crippen LogP contribution is -2.16. The first-order valence-electron chi connectivity index (χ1n) is 11.2. The van der Waals surface area contributed by atoms with Crippen molar-refractivity contribution in [1.29, 1.82) is 0 Å². The fourth-order valence-electron chi connectivity index (χ4n) is 3.83. The standard InChI is InChI=1S/C26H24N6O3/c1-16-7-8-23(35-17(2)29-16)26(15-34-26)11-9-18-5-4-6-19(13-18)25-30-20(14-21(31-25)24(27)33)22-10-12-28-32(22)3/h4-6,8,10,12-14,16H,7,15H2,1-3H3,(H2,27,33). The number of epoxide rings is 1. The van der Waals surface area contributed by atoms with Gasteiger partial charge in [-0.2, -0.15) is 5.10 Å². The maximum Gasteiger partial charge on any atom is 0.267 e. The highest BCUT2D eigenvalue weighted by atomic mass is 16.6. The summed E-state index contributed by atoms with van der Waals surface area (Å²) in [6, 6.07) is 11.0. The van der Waals surface area contributed by atoms with Crippen LogP contribution in [-0.4, -0.2) is 49.8 Å². The average molecular weight is 469 g/mol. The predicted molar refractivity (Wildman–Crippen MR) is 130 cm³/mol. The molecule has 1 saturated heterocycles. The number of hydrogen-bond acceptors (Lipinski definition) is 7. The van der Waals surface area contributed by atoms with Crippen molar-refractivity contribution >= 4 is 11.8 Å². The maximum absolute atomic E-state index is 11.9. The maximum atomic E-state index is 11.9. The first kappa shape index (κ1) is 22.5. The number of amides is 1. The van der Waals surface area contributed by atoms with Crippen molar-refractivity contribution in [2.45, 2.75) is 31.9 Å². The summed E-state index contributed by atoms with van der Waals surface area (Å²) < 4.78 is 13.3. The Balaban J connectivity index is 1.48. The fraction of sp³-hybridized carbons (Fsp3) is 0.269. The molecule has 176 valence electrons. The Kier molecular flexibility index (Phi) is 5.67. The Bertz CT molecular complexity index is 1440. The van der Waals surface area contributed by atoms with Crippen molar-refractivity contribution in [2.24, 2.45) is 17.8 Å². The van der Waals surface area contributed by atoms with Crippen LogP contribution in [-0.2, 0) is 16.5 Å². The molecule has 0 bridgehead atoms. The zero-order valence-electron chi connectivity index (χ0n) is 19.6. The van der Waals surface area contributed by atoms with Crippen molar-refractivity contribution in [1.82, 2.24) is 19.7 Å². The molecule has 1 amide bonds. The summed E-state index contributed by atoms with van der Waals surface area (Å²) >= 11 is 0. The van der Waals surface area contributed by atoms with E-state index in [1.54, 1.807) is 24.0 Å². The quantitative estimate of drug-likeness (QED) is 0.464. The van der Waals surface area contributed by atoms with Gasteiger partial charge in [0.1, 0.15) is 11.5 Å². The highest BCUT2D eigenvalue weighted by Crippen LogP contribution is 2.37. The first-order valence-corrected chi connectivity index (χ1v) is 11.2. The van der Waals surface area contributed by atoms with Gasteiger partial charge in [-0.15, -0.1) is 0 Å². The van der Waals surface area contributed by atoms with Gasteiger partial charge in [-0.1, -0.05) is 24.0 Å². The molecule has 4 heterocycles. The molecule has 2 aromatic heterocycles. The van der Waals surface area contributed by atoms with E-state index in [0.29, 0.717) is 35.3 Å². The molecule has 0 saturated carbocycles. The van der Waals surface area contributed by atoms with Crippen molar-refractivity contribution in [3.63, 3.8) is 0 Å². The van der Waals surface area contributed by atoms with E-state index >= 15 is 0 Å². The smallest absolute Gasteiger partial charge is 0.267 e. The molecule has 0 aliphatic carbocycles. The van der Waals surface area contributed by atoms with Gasteiger partial charge in [0.25, 0.3) is 5.91 Å². The Labute approximate surface area is 202 Å². The summed E-state index contributed by atoms with van der Waals surface area (Å²) in [5.74, 6) is 7.44. The second kappa shape index (κ2) is 8.81. The van der Waals surface area contributed by atoms with E-state index in [-0.39, 0.29) is 11.7 Å². The van der Waals surface area contributed by atoms with Crippen LogP contribution in [0.1, 0.15) is 36.3 Å². The summed E-state index contributed by atoms with van der Waals surface area (Å²) in [6.07, 6.45) is 4.43. The van der Waals surface area contributed by atoms with Gasteiger partial charge >= 0.3 is 0 Å². The highest BCUT2D eigenvalue weighted by Gasteiger charge is 2.49. The largest absolute Gasteiger partial charge is 0.444 e. The van der Waals surface area contributed by atoms with E-state index in [1.165, 1.54) is 0 Å². The molecule has 35 heavy (non-hydrogen) atoms. The molecule has 9 nitrogen and oxygen atoms in total. The molecule has 2 aliphatic heterocycles. The molecular weight excluding hydrogens is 444 g/mol. The molecule has 1 fully saturated rings. The minimum atomic E-state index is -0.758. The van der Waals surface area contributed by atoms with Gasteiger partial charge < -0.3 is 15.2 Å². The molecule has 5 rings (SSSR count). The number of benzene rings is 1. The van der Waals surface area contributed by atoms with Crippen LogP contribution in [0.15, 0.2) is 59.4 Å². The molecule has 9 heteroatoms. The monoisotopic (exact) mass is 468 g/mol. The predicted octanol–water partition coefficient (Wildman–Crippen LogP) is 2.87. The van der Waals surface area contributed by atoms with Crippen LogP contribution in [0, 0.1) is 11.8 Å². The minimum Gasteiger partial charge on any atom is -0.444 e. The van der Waals surface area contributed by atoms with Gasteiger partial charge in [-0.25, -0.2) is 9.97 Å². The lowest BCUT2D eigenvalue weighted by atomic mass is 10.0. The van der Waals surface area contributed by atoms with Crippen molar-refractivity contribution in [3.8, 4) is 34.6 Å². The molecule has 2 aliphatic rings. The van der Waals surface area contributed by atoms with E-state index < -0.39 is 11.5 Å². The number of aliphatic imine (C=N–C) groups is 1. The zero-order valence-corrected chi connectivity index (χ0v) is 19.6. The van der Waals surface area contributed by atoms with Crippen LogP contribution in [0.2, 0.25) is 0 Å². The van der Waals surface area contributed by atoms with Crippen LogP contribution >= 0.6 is 0 Å². The lowest BCUT2D eigenvalue weighted by molar-refractivity contribution is 0.0995. The van der Waals surface area contributed by atoms with Gasteiger partial charge in [0.15, 0.2) is 11.7 Å². The van der Waals surface area contributed by atoms with Gasteiger partial charge in [-0.3, -0.25) is 14.5 Å². The van der Waals surface area contributed by atoms with Crippen LogP contribution < -0.4 is 5.73 Å². The second-order valence-corrected chi connectivity index (χ2v) is 8.52. The van der Waals surface area contributed by atoms with E-state index in [9.17, 15) is 4.79 Å². The number of hydrogen-bond donors (Lipinski definition) is 1. The minimum absolute atomic E-state index is 0.122. The molecule has 0 radical (unpaired) electrons. The highest BCUT2D eigenvalue weighted by molar-refractivity contribution is 5.92. The number of carbonyl (C=O) groups is 1. The number of ether oxygens (including phenoxy) is 2. The third-order valence-electron chi connectivity index (χ3n) is 5.73. The van der Waals surface area contributed by atoms with Crippen LogP contribution in [0.5, 0.6) is 0 Å². The summed E-state index contributed by atoms with van der Waals surface area (Å²) in [5, 5.41) is 4.18. The Morgan fingerprint density at radius 3 is 2.80 bits per heavy atom. The van der Waals surface area contributed by atoms with E-state index in [1.807, 2.05) is 50.3 Å². The average Bonchev–Trinajstić information content (AvgIpc) is 3.55. The molecule has 1 aromatic carbocycles. The SMILES string of the molecule is CC1=NC(C)CC=C(C2(C#Cc3cccc(-c4nc(C(N)=O)cc(-c5ccnn5C)n4)c3)CO2)O1. The molecule has 0 spiro atoms. The van der Waals surface area contributed by atoms with Gasteiger partial charge in [0.05, 0.1) is 24.0 Å². The Morgan fingerprint density at radius 1 is 1.26 bits per heavy atom. The van der Waals surface area contributed by atoms with Gasteiger partial charge in [-0.05, 0) is 43.7 Å². The summed E-state index contributed by atoms with van der Waals surface area (Å²) in [5.41, 5.74) is 7.65. The van der Waals surface area contributed by atoms with Crippen molar-refractivity contribution in [2.75, 3.05) is 6.61 Å². The fourth-order valence-corrected chi connectivity index (χ4v) is 3.83. The second-order valence-electron chi connectivity index (χ2n) is 8.52. The molecule has 3 aromatic rings. The van der Waals surface area contributed by atoms with E-state index in [4.69, 9.17) is 15.2 Å². The zero-order chi connectivity index (χ0) is 24.6. The third kappa shape index (κ3) is 4.69. The Hall–Kier alpha value is -4.29. The van der Waals surface area contributed by atoms with Gasteiger partial charge in [0.2, 0.25) is 5.60 Å². The number of aromatic nitrogens is 4. The molecular formula is C26H24N6O3. The number of aryl methyl sites for hydroxylation is 1. The van der Waals surface area contributed by atoms with Crippen LogP contribution in [0.4, 0.5) is 0 Å². The molecule has 2 N–H and O–H groups in total. The van der Waals surface area contributed by atoms with Crippen molar-refractivity contribution in [3.05, 3.63) is 65.7 Å². The lowest BCUT2D eigenvalue weighted by Gasteiger charge is -2.10. The number of nitrogens with two attached hydrogens (primary N) is 1. The van der Waals surface area contributed by atoms with E-state index in [2.05, 4.69) is 31.9 Å². The molecule has 2 unspecified atom stereocenters. The number of rotatable bonds is 4. The summed E-state index contributed by atoms with van der Waals surface area (Å²) in [7, 11) is 1.80. The number of carbonyl (C=O) groups excluding carboxylic acids is 1. The van der Waals surface area contributed by atoms with Crippen LogP contribution in [0.25, 0.3) is 22.8 Å². The number of nitrogens with zero attached hydrogens (tertiary/aromatic N) is 5. The van der Waals surface area contributed by atoms with Crippen molar-refractivity contribution < 1.29 is 14.3 Å². The Morgan fingerprint density at radius 2 is 2.09 bits per heavy atom. The van der Waals surface area contributed by atoms with Crippen LogP contribution in [0.3, 0.4) is 0 Å². The summed E-state index contributed by atoms with van der Waals surface area (Å²) in [4.78, 5) is 25.4. The molecule has 2 atom stereocenters. The van der Waals surface area contributed by atoms with E-state index in [0.717, 1.165) is 17.7 Å². The number of primary amides is 1. The first-order chi connectivity index (χ1) is 16.8. The normalized spacial score (nSPS) is 21.1. The summed E-state index contributed by atoms with van der Waals surface area (Å²) in [6.45, 7) is 4.34. The topological polar surface area (TPSA) is 121 Å².